The van der Waals surface area contributed by atoms with E-state index in [1.165, 1.54) is 5.56 Å². The normalized spacial score (nSPS) is 14.8. The molecule has 0 saturated carbocycles. The second kappa shape index (κ2) is 8.87. The van der Waals surface area contributed by atoms with E-state index in [4.69, 9.17) is 9.47 Å². The molecule has 0 bridgehead atoms. The van der Waals surface area contributed by atoms with E-state index in [2.05, 4.69) is 50.2 Å². The highest BCUT2D eigenvalue weighted by molar-refractivity contribution is 7.21. The van der Waals surface area contributed by atoms with Crippen molar-refractivity contribution < 1.29 is 9.47 Å². The van der Waals surface area contributed by atoms with Gasteiger partial charge in [-0.15, -0.1) is 11.3 Å². The number of aromatic nitrogens is 3. The Labute approximate surface area is 179 Å². The molecule has 0 unspecified atom stereocenters. The molecule has 0 amide bonds. The van der Waals surface area contributed by atoms with Gasteiger partial charge in [0.1, 0.15) is 11.6 Å². The summed E-state index contributed by atoms with van der Waals surface area (Å²) in [4.78, 5) is 15.8. The lowest BCUT2D eigenvalue weighted by Crippen LogP contribution is -2.35. The molecule has 30 heavy (non-hydrogen) atoms. The summed E-state index contributed by atoms with van der Waals surface area (Å²) in [7, 11) is 0. The average Bonchev–Trinajstić information content (AvgIpc) is 3.24. The first-order chi connectivity index (χ1) is 14.8. The van der Waals surface area contributed by atoms with Crippen molar-refractivity contribution in [2.45, 2.75) is 13.2 Å². The van der Waals surface area contributed by atoms with E-state index in [1.807, 2.05) is 18.2 Å². The maximum absolute atomic E-state index is 5.77. The summed E-state index contributed by atoms with van der Waals surface area (Å²) >= 11 is 1.64. The number of hydrogen-bond acceptors (Lipinski definition) is 7. The minimum absolute atomic E-state index is 0.372. The van der Waals surface area contributed by atoms with Crippen molar-refractivity contribution in [3.8, 4) is 16.6 Å². The lowest BCUT2D eigenvalue weighted by atomic mass is 10.1. The number of morpholine rings is 1. The van der Waals surface area contributed by atoms with Gasteiger partial charge in [0.15, 0.2) is 0 Å². The van der Waals surface area contributed by atoms with E-state index in [0.717, 1.165) is 59.2 Å². The SMILES string of the molecule is c1ccc2sc(-c3cnc(OCc4ccc(CN5CCOCC5)cc4)nc3)nc2c1. The molecular weight excluding hydrogens is 396 g/mol. The lowest BCUT2D eigenvalue weighted by molar-refractivity contribution is 0.0342. The molecule has 0 aliphatic carbocycles. The molecule has 2 aromatic carbocycles. The summed E-state index contributed by atoms with van der Waals surface area (Å²) in [5, 5.41) is 0.915. The topological polar surface area (TPSA) is 60.4 Å². The molecule has 6 nitrogen and oxygen atoms in total. The number of hydrogen-bond donors (Lipinski definition) is 0. The average molecular weight is 419 g/mol. The predicted octanol–water partition coefficient (Wildman–Crippen LogP) is 4.16. The molecule has 1 saturated heterocycles. The molecule has 1 aliphatic heterocycles. The number of fused-ring (bicyclic) bond motifs is 1. The summed E-state index contributed by atoms with van der Waals surface area (Å²) in [5.74, 6) is 0. The first-order valence-electron chi connectivity index (χ1n) is 10.0. The summed E-state index contributed by atoms with van der Waals surface area (Å²) < 4.78 is 12.3. The minimum Gasteiger partial charge on any atom is -0.459 e. The first-order valence-corrected chi connectivity index (χ1v) is 10.8. The van der Waals surface area contributed by atoms with Gasteiger partial charge in [0.05, 0.1) is 23.4 Å². The third-order valence-corrected chi connectivity index (χ3v) is 6.16. The monoisotopic (exact) mass is 418 g/mol. The van der Waals surface area contributed by atoms with Gasteiger partial charge in [-0.05, 0) is 23.3 Å². The molecule has 0 atom stereocenters. The second-order valence-corrected chi connectivity index (χ2v) is 8.27. The zero-order valence-corrected chi connectivity index (χ0v) is 17.3. The molecule has 4 aromatic rings. The van der Waals surface area contributed by atoms with Crippen LogP contribution in [0.25, 0.3) is 20.8 Å². The smallest absolute Gasteiger partial charge is 0.316 e. The van der Waals surface area contributed by atoms with Crippen LogP contribution in [-0.4, -0.2) is 46.2 Å². The van der Waals surface area contributed by atoms with Crippen molar-refractivity contribution >= 4 is 21.6 Å². The minimum atomic E-state index is 0.372. The summed E-state index contributed by atoms with van der Waals surface area (Å²) in [5.41, 5.74) is 4.29. The van der Waals surface area contributed by atoms with Crippen LogP contribution in [0.15, 0.2) is 60.9 Å². The van der Waals surface area contributed by atoms with Crippen molar-refractivity contribution in [2.24, 2.45) is 0 Å². The van der Waals surface area contributed by atoms with Crippen LogP contribution < -0.4 is 4.74 Å². The highest BCUT2D eigenvalue weighted by atomic mass is 32.1. The van der Waals surface area contributed by atoms with Crippen LogP contribution in [0, 0.1) is 0 Å². The molecule has 5 rings (SSSR count). The second-order valence-electron chi connectivity index (χ2n) is 7.23. The van der Waals surface area contributed by atoms with Gasteiger partial charge in [0, 0.05) is 37.6 Å². The Morgan fingerprint density at radius 2 is 1.67 bits per heavy atom. The van der Waals surface area contributed by atoms with Crippen LogP contribution in [0.5, 0.6) is 6.01 Å². The predicted molar refractivity (Wildman–Crippen MR) is 118 cm³/mol. The van der Waals surface area contributed by atoms with Gasteiger partial charge in [-0.2, -0.15) is 0 Å². The van der Waals surface area contributed by atoms with Gasteiger partial charge >= 0.3 is 6.01 Å². The van der Waals surface area contributed by atoms with Crippen LogP contribution >= 0.6 is 11.3 Å². The Balaban J connectivity index is 1.18. The fourth-order valence-electron chi connectivity index (χ4n) is 3.40. The van der Waals surface area contributed by atoms with Crippen LogP contribution in [0.1, 0.15) is 11.1 Å². The van der Waals surface area contributed by atoms with Crippen molar-refractivity contribution in [1.82, 2.24) is 19.9 Å². The molecule has 7 heteroatoms. The van der Waals surface area contributed by atoms with Gasteiger partial charge in [-0.1, -0.05) is 36.4 Å². The Bertz CT molecular complexity index is 1070. The molecule has 2 aromatic heterocycles. The Kier molecular flexibility index (Phi) is 5.65. The maximum Gasteiger partial charge on any atom is 0.316 e. The number of para-hydroxylation sites is 1. The standard InChI is InChI=1S/C23H22N4O2S/c1-2-4-21-20(3-1)26-22(30-21)19-13-24-23(25-14-19)29-16-18-7-5-17(6-8-18)15-27-9-11-28-12-10-27/h1-8,13-14H,9-12,15-16H2. The van der Waals surface area contributed by atoms with E-state index < -0.39 is 0 Å². The van der Waals surface area contributed by atoms with E-state index in [-0.39, 0.29) is 0 Å². The number of rotatable bonds is 6. The van der Waals surface area contributed by atoms with Gasteiger partial charge in [-0.25, -0.2) is 15.0 Å². The third-order valence-electron chi connectivity index (χ3n) is 5.07. The molecule has 1 fully saturated rings. The number of thiazole rings is 1. The van der Waals surface area contributed by atoms with Crippen LogP contribution in [-0.2, 0) is 17.9 Å². The fourth-order valence-corrected chi connectivity index (χ4v) is 4.34. The zero-order chi connectivity index (χ0) is 20.2. The number of nitrogens with zero attached hydrogens (tertiary/aromatic N) is 4. The number of ether oxygens (including phenoxy) is 2. The number of benzene rings is 2. The highest BCUT2D eigenvalue weighted by Gasteiger charge is 2.11. The van der Waals surface area contributed by atoms with Crippen molar-refractivity contribution in [3.05, 3.63) is 72.1 Å². The van der Waals surface area contributed by atoms with Crippen molar-refractivity contribution in [2.75, 3.05) is 26.3 Å². The summed E-state index contributed by atoms with van der Waals surface area (Å²) in [6, 6.07) is 17.0. The van der Waals surface area contributed by atoms with Gasteiger partial charge in [-0.3, -0.25) is 4.90 Å². The van der Waals surface area contributed by atoms with Crippen molar-refractivity contribution in [3.63, 3.8) is 0 Å². The molecule has 1 aliphatic rings. The lowest BCUT2D eigenvalue weighted by Gasteiger charge is -2.26. The van der Waals surface area contributed by atoms with Crippen LogP contribution in [0.2, 0.25) is 0 Å². The molecular formula is C23H22N4O2S. The Morgan fingerprint density at radius 1 is 0.933 bits per heavy atom. The Hall–Kier alpha value is -2.87. The quantitative estimate of drug-likeness (QED) is 0.469. The van der Waals surface area contributed by atoms with E-state index in [9.17, 15) is 0 Å². The fraction of sp³-hybridized carbons (Fsp3) is 0.261. The van der Waals surface area contributed by atoms with Crippen LogP contribution in [0.4, 0.5) is 0 Å². The maximum atomic E-state index is 5.77. The van der Waals surface area contributed by atoms with E-state index >= 15 is 0 Å². The van der Waals surface area contributed by atoms with Gasteiger partial charge < -0.3 is 9.47 Å². The van der Waals surface area contributed by atoms with Gasteiger partial charge in [0.2, 0.25) is 0 Å². The van der Waals surface area contributed by atoms with Crippen molar-refractivity contribution in [1.29, 1.82) is 0 Å². The molecule has 0 spiro atoms. The van der Waals surface area contributed by atoms with Crippen LogP contribution in [0.3, 0.4) is 0 Å². The van der Waals surface area contributed by atoms with E-state index in [0.29, 0.717) is 12.6 Å². The summed E-state index contributed by atoms with van der Waals surface area (Å²) in [6.45, 7) is 5.04. The highest BCUT2D eigenvalue weighted by Crippen LogP contribution is 2.29. The van der Waals surface area contributed by atoms with Gasteiger partial charge in [0.25, 0.3) is 0 Å². The zero-order valence-electron chi connectivity index (χ0n) is 16.5. The molecule has 3 heterocycles. The molecule has 0 radical (unpaired) electrons. The Morgan fingerprint density at radius 3 is 2.43 bits per heavy atom. The summed E-state index contributed by atoms with van der Waals surface area (Å²) in [6.07, 6.45) is 3.54. The third kappa shape index (κ3) is 4.48. The molecule has 0 N–H and O–H groups in total. The van der Waals surface area contributed by atoms with E-state index in [1.54, 1.807) is 23.7 Å². The largest absolute Gasteiger partial charge is 0.459 e. The molecule has 152 valence electrons. The first kappa shape index (κ1) is 19.1.